The van der Waals surface area contributed by atoms with Crippen LogP contribution >= 0.6 is 0 Å². The van der Waals surface area contributed by atoms with E-state index >= 15 is 4.39 Å². The molecule has 3 fully saturated rings. The second-order valence-electron chi connectivity index (χ2n) is 11.6. The average molecular weight is 553 g/mol. The molecule has 1 aliphatic heterocycles. The molecule has 2 aromatic heterocycles. The normalized spacial score (nSPS) is 20.8. The van der Waals surface area contributed by atoms with Gasteiger partial charge in [-0.1, -0.05) is 18.6 Å². The van der Waals surface area contributed by atoms with Gasteiger partial charge in [0.1, 0.15) is 11.6 Å². The van der Waals surface area contributed by atoms with Crippen LogP contribution in [0.4, 0.5) is 16.0 Å². The minimum Gasteiger partial charge on any atom is -0.437 e. The van der Waals surface area contributed by atoms with E-state index in [-0.39, 0.29) is 29.0 Å². The molecule has 3 heterocycles. The maximum absolute atomic E-state index is 15.1. The highest BCUT2D eigenvalue weighted by Crippen LogP contribution is 2.65. The van der Waals surface area contributed by atoms with Gasteiger partial charge in [0.2, 0.25) is 17.7 Å². The number of nitrogens with one attached hydrogen (secondary N) is 3. The fraction of sp³-hybridized carbons (Fsp3) is 0.375. The van der Waals surface area contributed by atoms with Crippen LogP contribution in [0.25, 0.3) is 22.0 Å². The molecule has 1 spiro atoms. The molecule has 1 unspecified atom stereocenters. The maximum atomic E-state index is 15.1. The van der Waals surface area contributed by atoms with Gasteiger partial charge >= 0.3 is 0 Å². The third-order valence-corrected chi connectivity index (χ3v) is 8.93. The van der Waals surface area contributed by atoms with E-state index in [1.807, 2.05) is 37.3 Å². The van der Waals surface area contributed by atoms with E-state index in [9.17, 15) is 4.79 Å². The Morgan fingerprint density at radius 1 is 1.07 bits per heavy atom. The smallest absolute Gasteiger partial charge is 0.228 e. The number of piperidine rings is 1. The van der Waals surface area contributed by atoms with Gasteiger partial charge < -0.3 is 20.7 Å². The standard InChI is InChI=1S/C32H33FN6O2/c1-19-7-8-21-22(9-10-25(33)27(21)39-29(40)24-17-32(24)12-4-13-32)28(19)41-30-23(6-3-15-35-30)26-11-16-36-31(38-26)37-20-5-2-14-34-18-20/h3,6-11,15-16,20,24,34H,2,4-5,12-14,17-18H2,1H3,(H,39,40)(H,36,37,38)/t20?,24-/m1/s1. The maximum Gasteiger partial charge on any atom is 0.228 e. The van der Waals surface area contributed by atoms with Crippen LogP contribution in [-0.2, 0) is 4.79 Å². The number of fused-ring (bicyclic) bond motifs is 1. The first-order valence-corrected chi connectivity index (χ1v) is 14.5. The van der Waals surface area contributed by atoms with E-state index in [1.54, 1.807) is 18.5 Å². The largest absolute Gasteiger partial charge is 0.437 e. The van der Waals surface area contributed by atoms with Crippen molar-refractivity contribution in [3.8, 4) is 22.9 Å². The number of benzene rings is 2. The van der Waals surface area contributed by atoms with Crippen LogP contribution in [0, 0.1) is 24.1 Å². The highest BCUT2D eigenvalue weighted by Gasteiger charge is 2.60. The lowest BCUT2D eigenvalue weighted by Crippen LogP contribution is -2.38. The number of hydrogen-bond acceptors (Lipinski definition) is 7. The lowest BCUT2D eigenvalue weighted by atomic mass is 9.79. The van der Waals surface area contributed by atoms with Crippen molar-refractivity contribution in [1.82, 2.24) is 20.3 Å². The lowest BCUT2D eigenvalue weighted by molar-refractivity contribution is -0.118. The van der Waals surface area contributed by atoms with Crippen molar-refractivity contribution in [2.24, 2.45) is 11.3 Å². The molecule has 3 aliphatic rings. The summed E-state index contributed by atoms with van der Waals surface area (Å²) in [6.45, 7) is 3.85. The first kappa shape index (κ1) is 25.8. The quantitative estimate of drug-likeness (QED) is 0.250. The third kappa shape index (κ3) is 4.88. The molecule has 4 aromatic rings. The summed E-state index contributed by atoms with van der Waals surface area (Å²) in [6.07, 6.45) is 9.83. The van der Waals surface area contributed by atoms with Crippen molar-refractivity contribution in [1.29, 1.82) is 0 Å². The Kier molecular flexibility index (Phi) is 6.54. The van der Waals surface area contributed by atoms with Gasteiger partial charge in [-0.25, -0.2) is 19.3 Å². The zero-order valence-electron chi connectivity index (χ0n) is 23.0. The Balaban J connectivity index is 1.19. The Morgan fingerprint density at radius 3 is 2.73 bits per heavy atom. The molecule has 0 bridgehead atoms. The zero-order valence-corrected chi connectivity index (χ0v) is 23.0. The highest BCUT2D eigenvalue weighted by molar-refractivity contribution is 6.06. The molecule has 210 valence electrons. The van der Waals surface area contributed by atoms with Crippen LogP contribution in [0.3, 0.4) is 0 Å². The number of aromatic nitrogens is 3. The molecular weight excluding hydrogens is 519 g/mol. The van der Waals surface area contributed by atoms with Crippen LogP contribution in [0.5, 0.6) is 11.6 Å². The number of anilines is 2. The summed E-state index contributed by atoms with van der Waals surface area (Å²) in [5, 5.41) is 11.0. The van der Waals surface area contributed by atoms with Gasteiger partial charge in [0.05, 0.1) is 16.9 Å². The predicted octanol–water partition coefficient (Wildman–Crippen LogP) is 6.22. The van der Waals surface area contributed by atoms with E-state index in [1.165, 1.54) is 12.5 Å². The minimum absolute atomic E-state index is 0.0234. The average Bonchev–Trinajstić information content (AvgIpc) is 3.75. The van der Waals surface area contributed by atoms with E-state index in [0.29, 0.717) is 39.6 Å². The molecule has 2 atom stereocenters. The molecule has 9 heteroatoms. The van der Waals surface area contributed by atoms with Crippen molar-refractivity contribution >= 4 is 28.3 Å². The number of halogens is 1. The molecule has 8 nitrogen and oxygen atoms in total. The molecular formula is C32H33FN6O2. The number of nitrogens with zero attached hydrogens (tertiary/aromatic N) is 3. The number of ether oxygens (including phenoxy) is 1. The molecule has 0 radical (unpaired) electrons. The van der Waals surface area contributed by atoms with Gasteiger partial charge in [0.25, 0.3) is 0 Å². The van der Waals surface area contributed by atoms with Gasteiger partial charge in [-0.05, 0) is 86.9 Å². The Morgan fingerprint density at radius 2 is 1.95 bits per heavy atom. The number of rotatable bonds is 7. The Bertz CT molecular complexity index is 1630. The third-order valence-electron chi connectivity index (χ3n) is 8.93. The van der Waals surface area contributed by atoms with Crippen molar-refractivity contribution < 1.29 is 13.9 Å². The molecule has 2 aliphatic carbocycles. The fourth-order valence-electron chi connectivity index (χ4n) is 6.33. The van der Waals surface area contributed by atoms with Crippen LogP contribution in [0.1, 0.15) is 44.1 Å². The van der Waals surface area contributed by atoms with Crippen molar-refractivity contribution in [3.63, 3.8) is 0 Å². The second kappa shape index (κ2) is 10.4. The van der Waals surface area contributed by atoms with Crippen LogP contribution in [0.2, 0.25) is 0 Å². The summed E-state index contributed by atoms with van der Waals surface area (Å²) in [5.74, 6) is 0.916. The summed E-state index contributed by atoms with van der Waals surface area (Å²) in [4.78, 5) is 26.8. The summed E-state index contributed by atoms with van der Waals surface area (Å²) in [6, 6.07) is 12.7. The molecule has 41 heavy (non-hydrogen) atoms. The number of carbonyl (C=O) groups is 1. The van der Waals surface area contributed by atoms with Crippen LogP contribution in [-0.4, -0.2) is 40.0 Å². The Labute approximate surface area is 238 Å². The lowest BCUT2D eigenvalue weighted by Gasteiger charge is -2.26. The number of pyridine rings is 1. The molecule has 7 rings (SSSR count). The van der Waals surface area contributed by atoms with E-state index in [2.05, 4.69) is 25.9 Å². The fourth-order valence-corrected chi connectivity index (χ4v) is 6.33. The predicted molar refractivity (Wildman–Crippen MR) is 157 cm³/mol. The SMILES string of the molecule is Cc1ccc2c(NC(=O)[C@H]3CC34CCC4)c(F)ccc2c1Oc1ncccc1-c1ccnc(NC2CCCNC2)n1. The van der Waals surface area contributed by atoms with Crippen molar-refractivity contribution in [3.05, 3.63) is 66.2 Å². The molecule has 2 saturated carbocycles. The first-order valence-electron chi connectivity index (χ1n) is 14.5. The van der Waals surface area contributed by atoms with Crippen LogP contribution in [0.15, 0.2) is 54.9 Å². The van der Waals surface area contributed by atoms with E-state index < -0.39 is 5.82 Å². The zero-order chi connectivity index (χ0) is 28.0. The number of aryl methyl sites for hydroxylation is 1. The van der Waals surface area contributed by atoms with Crippen molar-refractivity contribution in [2.45, 2.75) is 51.5 Å². The summed E-state index contributed by atoms with van der Waals surface area (Å²) < 4.78 is 21.6. The minimum atomic E-state index is -0.461. The molecule has 1 saturated heterocycles. The van der Waals surface area contributed by atoms with E-state index in [0.717, 1.165) is 50.8 Å². The summed E-state index contributed by atoms with van der Waals surface area (Å²) >= 11 is 0. The second-order valence-corrected chi connectivity index (χ2v) is 11.6. The summed E-state index contributed by atoms with van der Waals surface area (Å²) in [5.41, 5.74) is 2.62. The topological polar surface area (TPSA) is 101 Å². The monoisotopic (exact) mass is 552 g/mol. The van der Waals surface area contributed by atoms with Crippen molar-refractivity contribution in [2.75, 3.05) is 23.7 Å². The van der Waals surface area contributed by atoms with Gasteiger partial charge in [-0.15, -0.1) is 0 Å². The van der Waals surface area contributed by atoms with E-state index in [4.69, 9.17) is 9.72 Å². The molecule has 2 aromatic carbocycles. The molecule has 3 N–H and O–H groups in total. The number of amides is 1. The van der Waals surface area contributed by atoms with Gasteiger partial charge in [0.15, 0.2) is 0 Å². The number of carbonyl (C=O) groups excluding carboxylic acids is 1. The highest BCUT2D eigenvalue weighted by atomic mass is 19.1. The van der Waals surface area contributed by atoms with Gasteiger partial charge in [-0.2, -0.15) is 0 Å². The first-order chi connectivity index (χ1) is 20.0. The summed E-state index contributed by atoms with van der Waals surface area (Å²) in [7, 11) is 0. The van der Waals surface area contributed by atoms with Gasteiger partial charge in [-0.3, -0.25) is 4.79 Å². The molecule has 1 amide bonds. The number of hydrogen-bond donors (Lipinski definition) is 3. The Hall–Kier alpha value is -4.11. The van der Waals surface area contributed by atoms with Gasteiger partial charge in [0, 0.05) is 41.7 Å². The van der Waals surface area contributed by atoms with Crippen LogP contribution < -0.4 is 20.7 Å².